The third-order valence-corrected chi connectivity index (χ3v) is 0.890. The molecule has 5 nitrogen and oxygen atoms in total. The van der Waals surface area contributed by atoms with Crippen LogP contribution in [0.1, 0.15) is 6.42 Å². The maximum absolute atomic E-state index is 10.5. The molecular formula is C5H9NO4. The lowest BCUT2D eigenvalue weighted by Gasteiger charge is -1.93. The zero-order valence-corrected chi connectivity index (χ0v) is 5.70. The van der Waals surface area contributed by atoms with Gasteiger partial charge in [0.1, 0.15) is 0 Å². The molecule has 0 saturated heterocycles. The quantitative estimate of drug-likeness (QED) is 0.401. The maximum Gasteiger partial charge on any atom is 0.261 e. The third-order valence-electron chi connectivity index (χ3n) is 0.890. The van der Waals surface area contributed by atoms with Crippen LogP contribution in [0.5, 0.6) is 0 Å². The average molecular weight is 147 g/mol. The van der Waals surface area contributed by atoms with Gasteiger partial charge in [0.2, 0.25) is 5.78 Å². The number of hydrogen-bond donors (Lipinski definition) is 0. The van der Waals surface area contributed by atoms with Crippen molar-refractivity contribution in [1.82, 2.24) is 0 Å². The van der Waals surface area contributed by atoms with Gasteiger partial charge in [-0.25, -0.2) is 0 Å². The summed E-state index contributed by atoms with van der Waals surface area (Å²) >= 11 is 0. The standard InChI is InChI=1S/C5H9NO4/c1-10-3-2-5(7)4-6(8)9/h2-4H2,1H3. The highest BCUT2D eigenvalue weighted by Crippen LogP contribution is 1.83. The lowest BCUT2D eigenvalue weighted by Crippen LogP contribution is -2.14. The van der Waals surface area contributed by atoms with E-state index in [9.17, 15) is 14.9 Å². The molecule has 10 heavy (non-hydrogen) atoms. The van der Waals surface area contributed by atoms with Gasteiger partial charge in [-0.15, -0.1) is 0 Å². The SMILES string of the molecule is COCCC(=O)C[N+](=O)[O-]. The summed E-state index contributed by atoms with van der Waals surface area (Å²) in [6, 6.07) is 0. The van der Waals surface area contributed by atoms with Gasteiger partial charge >= 0.3 is 0 Å². The van der Waals surface area contributed by atoms with Crippen LogP contribution in [0, 0.1) is 10.1 Å². The summed E-state index contributed by atoms with van der Waals surface area (Å²) in [6.07, 6.45) is 0.123. The Bertz CT molecular complexity index is 134. The molecule has 0 saturated carbocycles. The first kappa shape index (κ1) is 9.03. The minimum atomic E-state index is -0.641. The fourth-order valence-corrected chi connectivity index (χ4v) is 0.439. The van der Waals surface area contributed by atoms with Crippen LogP contribution in [0.4, 0.5) is 0 Å². The van der Waals surface area contributed by atoms with Gasteiger partial charge in [0.25, 0.3) is 6.54 Å². The molecule has 58 valence electrons. The van der Waals surface area contributed by atoms with Crippen LogP contribution in [0.3, 0.4) is 0 Å². The molecule has 0 heterocycles. The third kappa shape index (κ3) is 5.17. The van der Waals surface area contributed by atoms with E-state index in [1.807, 2.05) is 0 Å². The molecule has 0 aliphatic heterocycles. The minimum absolute atomic E-state index is 0.123. The van der Waals surface area contributed by atoms with Crippen LogP contribution in [-0.4, -0.2) is 31.0 Å². The molecule has 0 aliphatic carbocycles. The summed E-state index contributed by atoms with van der Waals surface area (Å²) in [7, 11) is 1.44. The monoisotopic (exact) mass is 147 g/mol. The molecule has 0 aromatic heterocycles. The number of carbonyl (C=O) groups is 1. The van der Waals surface area contributed by atoms with E-state index in [4.69, 9.17) is 0 Å². The van der Waals surface area contributed by atoms with Gasteiger partial charge in [-0.3, -0.25) is 14.9 Å². The molecule has 0 atom stereocenters. The predicted molar refractivity (Wildman–Crippen MR) is 33.4 cm³/mol. The highest BCUT2D eigenvalue weighted by Gasteiger charge is 2.07. The minimum Gasteiger partial charge on any atom is -0.384 e. The van der Waals surface area contributed by atoms with Crippen LogP contribution in [0.15, 0.2) is 0 Å². The van der Waals surface area contributed by atoms with Crippen LogP contribution < -0.4 is 0 Å². The van der Waals surface area contributed by atoms with Crippen LogP contribution in [-0.2, 0) is 9.53 Å². The lowest BCUT2D eigenvalue weighted by molar-refractivity contribution is -0.467. The van der Waals surface area contributed by atoms with Crippen molar-refractivity contribution >= 4 is 5.78 Å². The first-order valence-electron chi connectivity index (χ1n) is 2.79. The number of carbonyl (C=O) groups excluding carboxylic acids is 1. The highest BCUT2D eigenvalue weighted by atomic mass is 16.6. The Kier molecular flexibility index (Phi) is 4.39. The number of ketones is 1. The van der Waals surface area contributed by atoms with Gasteiger partial charge in [0.15, 0.2) is 0 Å². The second-order valence-electron chi connectivity index (χ2n) is 1.77. The Morgan fingerprint density at radius 2 is 2.30 bits per heavy atom. The Morgan fingerprint density at radius 3 is 2.70 bits per heavy atom. The second kappa shape index (κ2) is 4.87. The molecule has 5 heteroatoms. The molecule has 0 spiro atoms. The summed E-state index contributed by atoms with van der Waals surface area (Å²) in [5, 5.41) is 9.72. The Balaban J connectivity index is 3.35. The van der Waals surface area contributed by atoms with Crippen molar-refractivity contribution in [2.45, 2.75) is 6.42 Å². The number of nitro groups is 1. The van der Waals surface area contributed by atoms with Crippen LogP contribution >= 0.6 is 0 Å². The van der Waals surface area contributed by atoms with Crippen molar-refractivity contribution in [3.05, 3.63) is 10.1 Å². The van der Waals surface area contributed by atoms with E-state index in [2.05, 4.69) is 4.74 Å². The van der Waals surface area contributed by atoms with Gasteiger partial charge in [-0.1, -0.05) is 0 Å². The fourth-order valence-electron chi connectivity index (χ4n) is 0.439. The summed E-state index contributed by atoms with van der Waals surface area (Å²) in [4.78, 5) is 19.6. The zero-order chi connectivity index (χ0) is 7.98. The van der Waals surface area contributed by atoms with Gasteiger partial charge in [0.05, 0.1) is 6.61 Å². The van der Waals surface area contributed by atoms with E-state index in [1.54, 1.807) is 0 Å². The molecule has 0 unspecified atom stereocenters. The molecule has 0 aromatic carbocycles. The van der Waals surface area contributed by atoms with Crippen LogP contribution in [0.25, 0.3) is 0 Å². The summed E-state index contributed by atoms with van der Waals surface area (Å²) in [5.74, 6) is -0.396. The van der Waals surface area contributed by atoms with Crippen molar-refractivity contribution in [2.75, 3.05) is 20.3 Å². The van der Waals surface area contributed by atoms with E-state index in [1.165, 1.54) is 7.11 Å². The van der Waals surface area contributed by atoms with Gasteiger partial charge in [0, 0.05) is 18.5 Å². The number of hydrogen-bond acceptors (Lipinski definition) is 4. The van der Waals surface area contributed by atoms with E-state index in [-0.39, 0.29) is 13.0 Å². The maximum atomic E-state index is 10.5. The largest absolute Gasteiger partial charge is 0.384 e. The summed E-state index contributed by atoms with van der Waals surface area (Å²) in [6.45, 7) is -0.337. The fraction of sp³-hybridized carbons (Fsp3) is 0.800. The molecule has 0 rings (SSSR count). The molecule has 0 aromatic rings. The van der Waals surface area contributed by atoms with E-state index < -0.39 is 17.3 Å². The number of Topliss-reactive ketones (excluding diaryl/α,β-unsaturated/α-hetero) is 1. The van der Waals surface area contributed by atoms with Gasteiger partial charge < -0.3 is 4.74 Å². The van der Waals surface area contributed by atoms with E-state index in [0.717, 1.165) is 0 Å². The first-order chi connectivity index (χ1) is 4.66. The van der Waals surface area contributed by atoms with Gasteiger partial charge in [-0.05, 0) is 0 Å². The molecule has 0 radical (unpaired) electrons. The zero-order valence-electron chi connectivity index (χ0n) is 5.70. The van der Waals surface area contributed by atoms with Gasteiger partial charge in [-0.2, -0.15) is 0 Å². The number of nitrogens with zero attached hydrogens (tertiary/aromatic N) is 1. The van der Waals surface area contributed by atoms with Crippen molar-refractivity contribution < 1.29 is 14.5 Å². The van der Waals surface area contributed by atoms with Crippen molar-refractivity contribution in [3.8, 4) is 0 Å². The predicted octanol–water partition coefficient (Wildman–Crippen LogP) is -0.131. The number of rotatable bonds is 5. The topological polar surface area (TPSA) is 69.4 Å². The molecule has 0 fully saturated rings. The molecule has 0 N–H and O–H groups in total. The average Bonchev–Trinajstić information content (AvgIpc) is 1.82. The highest BCUT2D eigenvalue weighted by molar-refractivity contribution is 5.79. The van der Waals surface area contributed by atoms with Crippen molar-refractivity contribution in [1.29, 1.82) is 0 Å². The smallest absolute Gasteiger partial charge is 0.261 e. The molecule has 0 bridgehead atoms. The summed E-state index contributed by atoms with van der Waals surface area (Å²) < 4.78 is 4.55. The van der Waals surface area contributed by atoms with Crippen molar-refractivity contribution in [3.63, 3.8) is 0 Å². The summed E-state index contributed by atoms with van der Waals surface area (Å²) in [5.41, 5.74) is 0. The lowest BCUT2D eigenvalue weighted by atomic mass is 10.3. The number of ether oxygens (including phenoxy) is 1. The van der Waals surface area contributed by atoms with E-state index in [0.29, 0.717) is 0 Å². The second-order valence-corrected chi connectivity index (χ2v) is 1.77. The molecule has 0 amide bonds. The number of methoxy groups -OCH3 is 1. The molecule has 0 aliphatic rings. The van der Waals surface area contributed by atoms with Crippen LogP contribution in [0.2, 0.25) is 0 Å². The Labute approximate surface area is 58.1 Å². The van der Waals surface area contributed by atoms with E-state index >= 15 is 0 Å². The Morgan fingerprint density at radius 1 is 1.70 bits per heavy atom. The first-order valence-corrected chi connectivity index (χ1v) is 2.79. The molecular weight excluding hydrogens is 138 g/mol. The normalized spacial score (nSPS) is 9.30. The van der Waals surface area contributed by atoms with Crippen molar-refractivity contribution in [2.24, 2.45) is 0 Å². The Hall–Kier alpha value is -0.970.